The third-order valence-electron chi connectivity index (χ3n) is 10.4. The van der Waals surface area contributed by atoms with Gasteiger partial charge < -0.3 is 33.6 Å². The number of amides is 1. The first-order chi connectivity index (χ1) is 23.1. The number of carbonyl (C=O) groups excluding carboxylic acids is 1. The average molecular weight is 659 g/mol. The van der Waals surface area contributed by atoms with Crippen molar-refractivity contribution in [2.75, 3.05) is 63.5 Å². The smallest absolute Gasteiger partial charge is 0.410 e. The van der Waals surface area contributed by atoms with E-state index in [-0.39, 0.29) is 25.0 Å². The van der Waals surface area contributed by atoms with Gasteiger partial charge >= 0.3 is 12.1 Å². The number of hydrogen-bond donors (Lipinski definition) is 0. The van der Waals surface area contributed by atoms with Gasteiger partial charge in [-0.25, -0.2) is 4.79 Å². The number of fused-ring (bicyclic) bond motifs is 4. The van der Waals surface area contributed by atoms with E-state index in [1.54, 1.807) is 7.11 Å². The number of hydrogen-bond acceptors (Lipinski definition) is 10. The highest BCUT2D eigenvalue weighted by atomic mass is 16.7. The summed E-state index contributed by atoms with van der Waals surface area (Å²) in [4.78, 5) is 32.5. The van der Waals surface area contributed by atoms with Crippen LogP contribution in [0.25, 0.3) is 10.8 Å². The van der Waals surface area contributed by atoms with E-state index in [1.165, 1.54) is 22.8 Å². The van der Waals surface area contributed by atoms with Crippen molar-refractivity contribution in [3.63, 3.8) is 0 Å². The Balaban J connectivity index is 1.21. The maximum absolute atomic E-state index is 13.2. The number of likely N-dealkylation sites (N-methyl/N-ethyl adjacent to an activating group) is 1. The second-order valence-corrected chi connectivity index (χ2v) is 14.8. The number of likely N-dealkylation sites (tertiary alicyclic amines) is 1. The van der Waals surface area contributed by atoms with Crippen LogP contribution >= 0.6 is 0 Å². The van der Waals surface area contributed by atoms with E-state index in [0.29, 0.717) is 25.2 Å². The molecule has 258 valence electrons. The molecule has 0 spiro atoms. The van der Waals surface area contributed by atoms with E-state index in [0.717, 1.165) is 80.4 Å². The molecule has 3 saturated heterocycles. The first-order valence-corrected chi connectivity index (χ1v) is 17.5. The van der Waals surface area contributed by atoms with E-state index in [4.69, 9.17) is 28.9 Å². The van der Waals surface area contributed by atoms with Gasteiger partial charge in [-0.1, -0.05) is 24.3 Å². The molecule has 3 atom stereocenters. The molecule has 0 N–H and O–H groups in total. The summed E-state index contributed by atoms with van der Waals surface area (Å²) in [6.07, 6.45) is 4.82. The van der Waals surface area contributed by atoms with Crippen molar-refractivity contribution in [3.8, 4) is 11.8 Å². The second kappa shape index (κ2) is 13.2. The van der Waals surface area contributed by atoms with Gasteiger partial charge in [-0.15, -0.1) is 0 Å². The van der Waals surface area contributed by atoms with Crippen LogP contribution in [0.4, 0.5) is 16.3 Å². The molecule has 7 rings (SSSR count). The Kier molecular flexibility index (Phi) is 9.02. The van der Waals surface area contributed by atoms with Crippen LogP contribution in [-0.4, -0.2) is 103 Å². The Hall–Kier alpha value is -3.83. The topological polar surface area (TPSA) is 92.7 Å². The number of anilines is 2. The molecule has 11 nitrogen and oxygen atoms in total. The minimum Gasteiger partial charge on any atom is -0.467 e. The molecule has 4 aliphatic heterocycles. The molecule has 4 aliphatic rings. The third-order valence-corrected chi connectivity index (χ3v) is 10.4. The van der Waals surface area contributed by atoms with Crippen LogP contribution in [0.2, 0.25) is 0 Å². The molecule has 0 radical (unpaired) electrons. The lowest BCUT2D eigenvalue weighted by atomic mass is 9.99. The van der Waals surface area contributed by atoms with Crippen molar-refractivity contribution in [2.45, 2.75) is 90.1 Å². The predicted octanol–water partition coefficient (Wildman–Crippen LogP) is 5.54. The number of aromatic nitrogens is 2. The van der Waals surface area contributed by atoms with E-state index in [1.807, 2.05) is 25.7 Å². The Morgan fingerprint density at radius 3 is 2.42 bits per heavy atom. The van der Waals surface area contributed by atoms with Crippen LogP contribution in [0.1, 0.15) is 63.3 Å². The molecule has 11 heteroatoms. The summed E-state index contributed by atoms with van der Waals surface area (Å²) in [5.41, 5.74) is 3.86. The summed E-state index contributed by atoms with van der Waals surface area (Å²) in [6.45, 7) is 12.6. The van der Waals surface area contributed by atoms with E-state index >= 15 is 0 Å². The molecule has 1 aromatic heterocycles. The molecule has 3 aromatic rings. The van der Waals surface area contributed by atoms with Gasteiger partial charge in [0, 0.05) is 55.5 Å². The number of aryl methyl sites for hydroxylation is 1. The van der Waals surface area contributed by atoms with Crippen LogP contribution in [-0.2, 0) is 22.4 Å². The van der Waals surface area contributed by atoms with Gasteiger partial charge in [0.15, 0.2) is 6.79 Å². The highest BCUT2D eigenvalue weighted by Gasteiger charge is 2.45. The fourth-order valence-electron chi connectivity index (χ4n) is 7.98. The van der Waals surface area contributed by atoms with Gasteiger partial charge in [0.25, 0.3) is 0 Å². The standard InChI is InChI=1S/C37H50N6O5/c1-24-28-11-7-8-12-29(28)32(18-33(24)47-23-45-6)41-17-15-30-31(21-41)38-35(46-22-27-10-9-16-40(27)5)39-34(30)42-19-25-13-14-26(20-42)43(25)36(44)48-37(2,3)4/h7-8,11-12,18,25-27H,9-10,13-17,19-23H2,1-6H3/t25?,26?,27-/m0/s1. The molecule has 1 amide bonds. The lowest BCUT2D eigenvalue weighted by Crippen LogP contribution is -2.57. The van der Waals surface area contributed by atoms with Gasteiger partial charge in [-0.05, 0) is 84.3 Å². The average Bonchev–Trinajstić information content (AvgIpc) is 3.60. The summed E-state index contributed by atoms with van der Waals surface area (Å²) in [7, 11) is 3.80. The normalized spacial score (nSPS) is 22.7. The van der Waals surface area contributed by atoms with Gasteiger partial charge in [0.1, 0.15) is 23.8 Å². The molecule has 48 heavy (non-hydrogen) atoms. The molecule has 0 aliphatic carbocycles. The Bertz CT molecular complexity index is 1650. The van der Waals surface area contributed by atoms with Crippen molar-refractivity contribution < 1.29 is 23.7 Å². The summed E-state index contributed by atoms with van der Waals surface area (Å²) in [5, 5.41) is 2.35. The summed E-state index contributed by atoms with van der Waals surface area (Å²) >= 11 is 0. The first kappa shape index (κ1) is 32.7. The van der Waals surface area contributed by atoms with E-state index < -0.39 is 5.60 Å². The fourth-order valence-corrected chi connectivity index (χ4v) is 7.98. The van der Waals surface area contributed by atoms with Crippen LogP contribution < -0.4 is 19.3 Å². The number of benzene rings is 2. The second-order valence-electron chi connectivity index (χ2n) is 14.8. The summed E-state index contributed by atoms with van der Waals surface area (Å²) in [5.74, 6) is 1.77. The molecule has 0 saturated carbocycles. The van der Waals surface area contributed by atoms with Crippen LogP contribution in [0.3, 0.4) is 0 Å². The van der Waals surface area contributed by atoms with Gasteiger partial charge in [-0.3, -0.25) is 4.90 Å². The van der Waals surface area contributed by atoms with E-state index in [9.17, 15) is 4.79 Å². The number of methoxy groups -OCH3 is 1. The molecule has 3 fully saturated rings. The van der Waals surface area contributed by atoms with Crippen molar-refractivity contribution in [1.29, 1.82) is 0 Å². The number of nitrogens with zero attached hydrogens (tertiary/aromatic N) is 6. The lowest BCUT2D eigenvalue weighted by Gasteiger charge is -2.43. The largest absolute Gasteiger partial charge is 0.467 e. The third kappa shape index (κ3) is 6.46. The summed E-state index contributed by atoms with van der Waals surface area (Å²) < 4.78 is 23.5. The number of ether oxygens (including phenoxy) is 4. The molecular weight excluding hydrogens is 608 g/mol. The number of rotatable bonds is 8. The zero-order valence-corrected chi connectivity index (χ0v) is 29.3. The van der Waals surface area contributed by atoms with Gasteiger partial charge in [0.05, 0.1) is 24.3 Å². The zero-order valence-electron chi connectivity index (χ0n) is 29.3. The lowest BCUT2D eigenvalue weighted by molar-refractivity contribution is 0.0122. The highest BCUT2D eigenvalue weighted by Crippen LogP contribution is 2.40. The summed E-state index contributed by atoms with van der Waals surface area (Å²) in [6, 6.07) is 11.6. The highest BCUT2D eigenvalue weighted by molar-refractivity contribution is 5.98. The van der Waals surface area contributed by atoms with Crippen LogP contribution in [0, 0.1) is 6.92 Å². The molecule has 2 bridgehead atoms. The first-order valence-electron chi connectivity index (χ1n) is 17.5. The van der Waals surface area contributed by atoms with Crippen LogP contribution in [0.15, 0.2) is 30.3 Å². The zero-order chi connectivity index (χ0) is 33.6. The van der Waals surface area contributed by atoms with Crippen molar-refractivity contribution in [2.24, 2.45) is 0 Å². The Labute approximate surface area is 284 Å². The maximum Gasteiger partial charge on any atom is 0.410 e. The predicted molar refractivity (Wildman–Crippen MR) is 186 cm³/mol. The van der Waals surface area contributed by atoms with Gasteiger partial charge in [-0.2, -0.15) is 9.97 Å². The van der Waals surface area contributed by atoms with Crippen molar-refractivity contribution in [3.05, 3.63) is 47.2 Å². The number of carbonyl (C=O) groups is 1. The molecule has 5 heterocycles. The molecule has 2 aromatic carbocycles. The molecular formula is C37H50N6O5. The SMILES string of the molecule is COCOc1cc(N2CCc3c(nc(OC[C@@H]4CCCN4C)nc3N3CC4CCC(C3)N4C(=O)OC(C)(C)C)C2)c2ccccc2c1C. The van der Waals surface area contributed by atoms with E-state index in [2.05, 4.69) is 59.0 Å². The quantitative estimate of drug-likeness (QED) is 0.287. The minimum absolute atomic E-state index is 0.0882. The van der Waals surface area contributed by atoms with Crippen molar-refractivity contribution in [1.82, 2.24) is 19.8 Å². The van der Waals surface area contributed by atoms with Crippen LogP contribution in [0.5, 0.6) is 11.8 Å². The fraction of sp³-hybridized carbons (Fsp3) is 0.595. The maximum atomic E-state index is 13.2. The van der Waals surface area contributed by atoms with Crippen molar-refractivity contribution >= 4 is 28.4 Å². The Morgan fingerprint density at radius 1 is 0.979 bits per heavy atom. The number of piperazine rings is 1. The van der Waals surface area contributed by atoms with Gasteiger partial charge in [0.2, 0.25) is 0 Å². The molecule has 2 unspecified atom stereocenters. The Morgan fingerprint density at radius 2 is 1.73 bits per heavy atom. The minimum atomic E-state index is -0.523. The monoisotopic (exact) mass is 658 g/mol.